The molecule has 1 rings (SSSR count). The number of piperidine rings is 1. The number of nitrogens with one attached hydrogen (secondary N) is 1. The van der Waals surface area contributed by atoms with Crippen LogP contribution >= 0.6 is 0 Å². The van der Waals surface area contributed by atoms with Crippen LogP contribution in [-0.2, 0) is 14.3 Å². The number of methoxy groups -OCH3 is 1. The Balaban J connectivity index is 2.60. The minimum Gasteiger partial charge on any atom is -0.469 e. The summed E-state index contributed by atoms with van der Waals surface area (Å²) >= 11 is 0. The number of alkyl halides is 3. The van der Waals surface area contributed by atoms with Crippen molar-refractivity contribution in [3.8, 4) is 0 Å². The SMILES string of the molecule is COC(=O)CC1CC(NCC(F)(F)F)CN(CC(N)=O)C1. The maximum absolute atomic E-state index is 12.3. The fraction of sp³-hybridized carbons (Fsp3) is 0.833. The molecule has 0 aromatic carbocycles. The van der Waals surface area contributed by atoms with Gasteiger partial charge >= 0.3 is 12.1 Å². The average molecular weight is 311 g/mol. The number of ether oxygens (including phenoxy) is 1. The van der Waals surface area contributed by atoms with Crippen molar-refractivity contribution < 1.29 is 27.5 Å². The summed E-state index contributed by atoms with van der Waals surface area (Å²) < 4.78 is 41.3. The average Bonchev–Trinajstić information content (AvgIpc) is 2.34. The number of likely N-dealkylation sites (tertiary alicyclic amines) is 1. The van der Waals surface area contributed by atoms with Crippen molar-refractivity contribution in [3.05, 3.63) is 0 Å². The standard InChI is InChI=1S/C12H20F3N3O3/c1-21-11(20)3-8-2-9(17-7-12(13,14)15)5-18(4-8)6-10(16)19/h8-9,17H,2-7H2,1H3,(H2,16,19). The van der Waals surface area contributed by atoms with E-state index in [-0.39, 0.29) is 25.4 Å². The third-order valence-corrected chi connectivity index (χ3v) is 3.27. The molecule has 122 valence electrons. The first-order valence-corrected chi connectivity index (χ1v) is 6.57. The molecule has 0 aliphatic carbocycles. The minimum absolute atomic E-state index is 0.0398. The van der Waals surface area contributed by atoms with E-state index in [1.54, 1.807) is 4.90 Å². The molecule has 9 heteroatoms. The number of carbonyl (C=O) groups excluding carboxylic acids is 2. The van der Waals surface area contributed by atoms with Crippen LogP contribution in [0.1, 0.15) is 12.8 Å². The van der Waals surface area contributed by atoms with Gasteiger partial charge in [-0.15, -0.1) is 0 Å². The molecule has 0 bridgehead atoms. The molecule has 0 saturated carbocycles. The number of carbonyl (C=O) groups is 2. The van der Waals surface area contributed by atoms with E-state index in [2.05, 4.69) is 10.1 Å². The Kier molecular flexibility index (Phi) is 6.41. The normalized spacial score (nSPS) is 23.8. The first-order valence-electron chi connectivity index (χ1n) is 6.57. The maximum Gasteiger partial charge on any atom is 0.401 e. The Morgan fingerprint density at radius 1 is 1.38 bits per heavy atom. The minimum atomic E-state index is -4.30. The number of rotatable bonds is 6. The molecule has 0 aromatic heterocycles. The zero-order valence-electron chi connectivity index (χ0n) is 11.8. The molecule has 1 amide bonds. The molecule has 0 radical (unpaired) electrons. The Morgan fingerprint density at radius 2 is 2.05 bits per heavy atom. The highest BCUT2D eigenvalue weighted by Crippen LogP contribution is 2.21. The lowest BCUT2D eigenvalue weighted by Crippen LogP contribution is -2.53. The molecular weight excluding hydrogens is 291 g/mol. The van der Waals surface area contributed by atoms with Gasteiger partial charge in [0.25, 0.3) is 0 Å². The number of nitrogens with two attached hydrogens (primary N) is 1. The lowest BCUT2D eigenvalue weighted by atomic mass is 9.91. The zero-order valence-corrected chi connectivity index (χ0v) is 11.8. The molecule has 6 nitrogen and oxygen atoms in total. The predicted molar refractivity (Wildman–Crippen MR) is 68.2 cm³/mol. The summed E-state index contributed by atoms with van der Waals surface area (Å²) in [5.41, 5.74) is 5.11. The summed E-state index contributed by atoms with van der Waals surface area (Å²) in [5, 5.41) is 2.42. The Bertz CT molecular complexity index is 376. The molecule has 0 aromatic rings. The van der Waals surface area contributed by atoms with Crippen molar-refractivity contribution in [2.75, 3.05) is 33.3 Å². The number of esters is 1. The van der Waals surface area contributed by atoms with E-state index in [0.717, 1.165) is 0 Å². The quantitative estimate of drug-likeness (QED) is 0.668. The smallest absolute Gasteiger partial charge is 0.401 e. The van der Waals surface area contributed by atoms with Gasteiger partial charge in [0.15, 0.2) is 0 Å². The molecule has 1 fully saturated rings. The van der Waals surface area contributed by atoms with Crippen LogP contribution in [0.5, 0.6) is 0 Å². The van der Waals surface area contributed by atoms with Crippen LogP contribution in [0.4, 0.5) is 13.2 Å². The number of halogens is 3. The van der Waals surface area contributed by atoms with E-state index in [1.165, 1.54) is 7.11 Å². The van der Waals surface area contributed by atoms with Crippen molar-refractivity contribution in [2.45, 2.75) is 25.1 Å². The van der Waals surface area contributed by atoms with Crippen LogP contribution in [0.15, 0.2) is 0 Å². The van der Waals surface area contributed by atoms with E-state index in [0.29, 0.717) is 13.0 Å². The van der Waals surface area contributed by atoms with Gasteiger partial charge in [0.2, 0.25) is 5.91 Å². The fourth-order valence-corrected chi connectivity index (χ4v) is 2.53. The topological polar surface area (TPSA) is 84.7 Å². The molecule has 1 aliphatic heterocycles. The molecule has 1 aliphatic rings. The Morgan fingerprint density at radius 3 is 2.57 bits per heavy atom. The molecule has 21 heavy (non-hydrogen) atoms. The predicted octanol–water partition coefficient (Wildman–Crippen LogP) is -0.123. The van der Waals surface area contributed by atoms with Crippen molar-refractivity contribution >= 4 is 11.9 Å². The summed E-state index contributed by atoms with van der Waals surface area (Å²) in [5.74, 6) is -1.14. The monoisotopic (exact) mass is 311 g/mol. The second kappa shape index (κ2) is 7.60. The fourth-order valence-electron chi connectivity index (χ4n) is 2.53. The van der Waals surface area contributed by atoms with Crippen LogP contribution in [-0.4, -0.2) is 62.3 Å². The molecular formula is C12H20F3N3O3. The van der Waals surface area contributed by atoms with Crippen molar-refractivity contribution in [1.29, 1.82) is 0 Å². The van der Waals surface area contributed by atoms with E-state index in [9.17, 15) is 22.8 Å². The first kappa shape index (κ1) is 17.7. The van der Waals surface area contributed by atoms with Crippen LogP contribution in [0.3, 0.4) is 0 Å². The van der Waals surface area contributed by atoms with Crippen LogP contribution < -0.4 is 11.1 Å². The third kappa shape index (κ3) is 7.28. The van der Waals surface area contributed by atoms with E-state index in [1.807, 2.05) is 0 Å². The highest BCUT2D eigenvalue weighted by atomic mass is 19.4. The van der Waals surface area contributed by atoms with E-state index >= 15 is 0 Å². The van der Waals surface area contributed by atoms with Gasteiger partial charge in [-0.3, -0.25) is 14.5 Å². The third-order valence-electron chi connectivity index (χ3n) is 3.27. The summed E-state index contributed by atoms with van der Waals surface area (Å²) in [6, 6.07) is -0.450. The first-order chi connectivity index (χ1) is 9.69. The number of amides is 1. The summed E-state index contributed by atoms with van der Waals surface area (Å²) in [6.07, 6.45) is -3.78. The zero-order chi connectivity index (χ0) is 16.0. The molecule has 1 saturated heterocycles. The lowest BCUT2D eigenvalue weighted by Gasteiger charge is -2.37. The highest BCUT2D eigenvalue weighted by Gasteiger charge is 2.33. The van der Waals surface area contributed by atoms with Gasteiger partial charge in [-0.2, -0.15) is 13.2 Å². The highest BCUT2D eigenvalue weighted by molar-refractivity contribution is 5.76. The van der Waals surface area contributed by atoms with Gasteiger partial charge in [-0.1, -0.05) is 0 Å². The second-order valence-electron chi connectivity index (χ2n) is 5.24. The van der Waals surface area contributed by atoms with Crippen molar-refractivity contribution in [3.63, 3.8) is 0 Å². The Labute approximate surface area is 120 Å². The molecule has 2 atom stereocenters. The summed E-state index contributed by atoms with van der Waals surface area (Å²) in [7, 11) is 1.26. The Hall–Kier alpha value is -1.35. The van der Waals surface area contributed by atoms with E-state index < -0.39 is 30.6 Å². The molecule has 3 N–H and O–H groups in total. The van der Waals surface area contributed by atoms with Gasteiger partial charge in [-0.05, 0) is 12.3 Å². The van der Waals surface area contributed by atoms with Gasteiger partial charge < -0.3 is 15.8 Å². The molecule has 1 heterocycles. The lowest BCUT2D eigenvalue weighted by molar-refractivity contribution is -0.142. The van der Waals surface area contributed by atoms with Gasteiger partial charge in [-0.25, -0.2) is 0 Å². The maximum atomic E-state index is 12.3. The molecule has 2 unspecified atom stereocenters. The second-order valence-corrected chi connectivity index (χ2v) is 5.24. The summed E-state index contributed by atoms with van der Waals surface area (Å²) in [6.45, 7) is -0.423. The van der Waals surface area contributed by atoms with Gasteiger partial charge in [0.05, 0.1) is 20.2 Å². The van der Waals surface area contributed by atoms with Crippen molar-refractivity contribution in [2.24, 2.45) is 11.7 Å². The largest absolute Gasteiger partial charge is 0.469 e. The number of nitrogens with zero attached hydrogens (tertiary/aromatic N) is 1. The van der Waals surface area contributed by atoms with E-state index in [4.69, 9.17) is 5.73 Å². The number of primary amides is 1. The van der Waals surface area contributed by atoms with Crippen LogP contribution in [0.2, 0.25) is 0 Å². The van der Waals surface area contributed by atoms with Gasteiger partial charge in [0, 0.05) is 25.6 Å². The van der Waals surface area contributed by atoms with Crippen molar-refractivity contribution in [1.82, 2.24) is 10.2 Å². The van der Waals surface area contributed by atoms with Crippen LogP contribution in [0, 0.1) is 5.92 Å². The number of hydrogen-bond acceptors (Lipinski definition) is 5. The summed E-state index contributed by atoms with van der Waals surface area (Å²) in [4.78, 5) is 23.9. The number of hydrogen-bond donors (Lipinski definition) is 2. The van der Waals surface area contributed by atoms with Crippen LogP contribution in [0.25, 0.3) is 0 Å². The molecule has 0 spiro atoms. The van der Waals surface area contributed by atoms with Gasteiger partial charge in [0.1, 0.15) is 0 Å².